The summed E-state index contributed by atoms with van der Waals surface area (Å²) in [5, 5.41) is 7.57. The zero-order valence-electron chi connectivity index (χ0n) is 14.2. The first-order valence-corrected chi connectivity index (χ1v) is 8.51. The topological polar surface area (TPSA) is 51.0 Å². The lowest BCUT2D eigenvalue weighted by Crippen LogP contribution is -2.32. The third-order valence-electron chi connectivity index (χ3n) is 5.13. The first kappa shape index (κ1) is 16.5. The highest BCUT2D eigenvalue weighted by Gasteiger charge is 2.27. The molecule has 1 aliphatic carbocycles. The lowest BCUT2D eigenvalue weighted by atomic mass is 9.77. The van der Waals surface area contributed by atoms with Gasteiger partial charge in [-0.25, -0.2) is 0 Å². The summed E-state index contributed by atoms with van der Waals surface area (Å²) >= 11 is 0. The monoisotopic (exact) mass is 293 g/mol. The molecule has 0 saturated heterocycles. The Balaban J connectivity index is 1.91. The Morgan fingerprint density at radius 1 is 1.14 bits per heavy atom. The van der Waals surface area contributed by atoms with Gasteiger partial charge in [-0.3, -0.25) is 0 Å². The normalized spacial score (nSPS) is 24.7. The second-order valence-corrected chi connectivity index (χ2v) is 7.25. The molecule has 1 saturated carbocycles. The predicted molar refractivity (Wildman–Crippen MR) is 85.2 cm³/mol. The van der Waals surface area contributed by atoms with Gasteiger partial charge in [-0.1, -0.05) is 32.9 Å². The summed E-state index contributed by atoms with van der Waals surface area (Å²) in [6.45, 7) is 9.10. The molecule has 0 radical (unpaired) electrons. The van der Waals surface area contributed by atoms with Crippen LogP contribution in [0.3, 0.4) is 0 Å². The number of nitrogens with zero attached hydrogens (tertiary/aromatic N) is 2. The summed E-state index contributed by atoms with van der Waals surface area (Å²) in [7, 11) is 2.00. The van der Waals surface area contributed by atoms with Crippen molar-refractivity contribution >= 4 is 0 Å². The van der Waals surface area contributed by atoms with Gasteiger partial charge in [0.15, 0.2) is 5.82 Å². The molecule has 1 atom stereocenters. The van der Waals surface area contributed by atoms with Gasteiger partial charge in [-0.2, -0.15) is 4.98 Å². The van der Waals surface area contributed by atoms with Crippen LogP contribution in [0.5, 0.6) is 0 Å². The van der Waals surface area contributed by atoms with Gasteiger partial charge in [-0.05, 0) is 50.5 Å². The number of likely N-dealkylation sites (N-methyl/N-ethyl adjacent to an activating group) is 1. The van der Waals surface area contributed by atoms with Crippen molar-refractivity contribution in [2.75, 3.05) is 7.05 Å². The van der Waals surface area contributed by atoms with E-state index in [-0.39, 0.29) is 0 Å². The van der Waals surface area contributed by atoms with E-state index < -0.39 is 0 Å². The van der Waals surface area contributed by atoms with Crippen LogP contribution in [0.4, 0.5) is 0 Å². The highest BCUT2D eigenvalue weighted by molar-refractivity contribution is 4.99. The van der Waals surface area contributed by atoms with Crippen LogP contribution >= 0.6 is 0 Å². The van der Waals surface area contributed by atoms with Crippen molar-refractivity contribution in [3.63, 3.8) is 0 Å². The summed E-state index contributed by atoms with van der Waals surface area (Å²) in [5.41, 5.74) is 0. The van der Waals surface area contributed by atoms with Gasteiger partial charge in [0, 0.05) is 18.4 Å². The van der Waals surface area contributed by atoms with Crippen LogP contribution in [0.25, 0.3) is 0 Å². The fraction of sp³-hybridized carbons (Fsp3) is 0.882. The molecular weight excluding hydrogens is 262 g/mol. The number of hydrogen-bond acceptors (Lipinski definition) is 4. The number of nitrogens with one attached hydrogen (secondary N) is 1. The van der Waals surface area contributed by atoms with Crippen LogP contribution in [0.2, 0.25) is 0 Å². The molecule has 21 heavy (non-hydrogen) atoms. The van der Waals surface area contributed by atoms with Crippen LogP contribution in [0, 0.1) is 17.8 Å². The Labute approximate surface area is 129 Å². The molecule has 0 spiro atoms. The minimum atomic E-state index is 0.398. The summed E-state index contributed by atoms with van der Waals surface area (Å²) in [5.74, 6) is 4.46. The van der Waals surface area contributed by atoms with Crippen molar-refractivity contribution in [1.29, 1.82) is 0 Å². The van der Waals surface area contributed by atoms with E-state index in [9.17, 15) is 0 Å². The summed E-state index contributed by atoms with van der Waals surface area (Å²) in [6, 6.07) is 0.398. The van der Waals surface area contributed by atoms with Gasteiger partial charge in [0.05, 0.1) is 0 Å². The average Bonchev–Trinajstić information content (AvgIpc) is 2.93. The molecule has 2 rings (SSSR count). The molecule has 1 aromatic rings. The van der Waals surface area contributed by atoms with Crippen molar-refractivity contribution in [1.82, 2.24) is 15.5 Å². The van der Waals surface area contributed by atoms with E-state index in [1.165, 1.54) is 25.7 Å². The molecule has 1 N–H and O–H groups in total. The molecule has 1 aliphatic rings. The largest absolute Gasteiger partial charge is 0.339 e. The third kappa shape index (κ3) is 4.29. The van der Waals surface area contributed by atoms with E-state index in [1.54, 1.807) is 0 Å². The van der Waals surface area contributed by atoms with Crippen LogP contribution in [-0.4, -0.2) is 23.2 Å². The first-order chi connectivity index (χ1) is 10.0. The second-order valence-electron chi connectivity index (χ2n) is 7.25. The van der Waals surface area contributed by atoms with Gasteiger partial charge in [0.1, 0.15) is 0 Å². The maximum Gasteiger partial charge on any atom is 0.228 e. The molecular formula is C17H31N3O. The van der Waals surface area contributed by atoms with Gasteiger partial charge in [0.2, 0.25) is 5.89 Å². The molecule has 4 heteroatoms. The summed E-state index contributed by atoms with van der Waals surface area (Å²) < 4.78 is 5.47. The van der Waals surface area contributed by atoms with Crippen LogP contribution in [0.15, 0.2) is 4.52 Å². The highest BCUT2D eigenvalue weighted by atomic mass is 16.5. The van der Waals surface area contributed by atoms with Crippen LogP contribution in [-0.2, 0) is 6.42 Å². The summed E-state index contributed by atoms with van der Waals surface area (Å²) in [4.78, 5) is 4.66. The van der Waals surface area contributed by atoms with E-state index in [0.717, 1.165) is 30.0 Å². The molecule has 4 nitrogen and oxygen atoms in total. The maximum atomic E-state index is 5.47. The molecule has 1 heterocycles. The number of hydrogen-bond donors (Lipinski definition) is 1. The molecule has 1 unspecified atom stereocenters. The molecule has 0 aliphatic heterocycles. The molecule has 0 bridgehead atoms. The second kappa shape index (κ2) is 7.39. The van der Waals surface area contributed by atoms with E-state index in [1.807, 2.05) is 7.05 Å². The Morgan fingerprint density at radius 3 is 2.33 bits per heavy atom. The fourth-order valence-corrected chi connectivity index (χ4v) is 3.42. The Kier molecular flexibility index (Phi) is 5.80. The quantitative estimate of drug-likeness (QED) is 0.867. The lowest BCUT2D eigenvalue weighted by Gasteiger charge is -2.29. The average molecular weight is 293 g/mol. The van der Waals surface area contributed by atoms with Gasteiger partial charge in [0.25, 0.3) is 0 Å². The Hall–Kier alpha value is -0.900. The Bertz CT molecular complexity index is 419. The SMILES string of the molecule is CNC(Cc1nc(C2CCC(C(C)C)CC2)no1)C(C)C. The maximum absolute atomic E-state index is 5.47. The first-order valence-electron chi connectivity index (χ1n) is 8.51. The van der Waals surface area contributed by atoms with Gasteiger partial charge >= 0.3 is 0 Å². The zero-order valence-corrected chi connectivity index (χ0v) is 14.2. The minimum absolute atomic E-state index is 0.398. The zero-order chi connectivity index (χ0) is 15.4. The van der Waals surface area contributed by atoms with Crippen molar-refractivity contribution in [2.24, 2.45) is 17.8 Å². The fourth-order valence-electron chi connectivity index (χ4n) is 3.42. The van der Waals surface area contributed by atoms with E-state index in [0.29, 0.717) is 17.9 Å². The van der Waals surface area contributed by atoms with Crippen LogP contribution in [0.1, 0.15) is 71.0 Å². The lowest BCUT2D eigenvalue weighted by molar-refractivity contribution is 0.251. The third-order valence-corrected chi connectivity index (χ3v) is 5.13. The minimum Gasteiger partial charge on any atom is -0.339 e. The standard InChI is InChI=1S/C17H31N3O/c1-11(2)13-6-8-14(9-7-13)17-19-16(21-20-17)10-15(18-5)12(3)4/h11-15,18H,6-10H2,1-5H3. The van der Waals surface area contributed by atoms with Crippen LogP contribution < -0.4 is 5.32 Å². The summed E-state index contributed by atoms with van der Waals surface area (Å²) in [6.07, 6.45) is 5.85. The molecule has 0 amide bonds. The molecule has 1 aromatic heterocycles. The van der Waals surface area contributed by atoms with Gasteiger partial charge < -0.3 is 9.84 Å². The number of rotatable bonds is 6. The predicted octanol–water partition coefficient (Wildman–Crippen LogP) is 3.79. The van der Waals surface area contributed by atoms with E-state index >= 15 is 0 Å². The van der Waals surface area contributed by atoms with Crippen molar-refractivity contribution in [3.05, 3.63) is 11.7 Å². The molecule has 1 fully saturated rings. The molecule has 0 aromatic carbocycles. The molecule has 120 valence electrons. The van der Waals surface area contributed by atoms with Crippen molar-refractivity contribution < 1.29 is 4.52 Å². The van der Waals surface area contributed by atoms with E-state index in [2.05, 4.69) is 43.2 Å². The van der Waals surface area contributed by atoms with Gasteiger partial charge in [-0.15, -0.1) is 0 Å². The van der Waals surface area contributed by atoms with Crippen molar-refractivity contribution in [3.8, 4) is 0 Å². The Morgan fingerprint density at radius 2 is 1.81 bits per heavy atom. The smallest absolute Gasteiger partial charge is 0.228 e. The van der Waals surface area contributed by atoms with Crippen molar-refractivity contribution in [2.45, 2.75) is 71.8 Å². The highest BCUT2D eigenvalue weighted by Crippen LogP contribution is 2.37. The van der Waals surface area contributed by atoms with E-state index in [4.69, 9.17) is 4.52 Å². The number of aromatic nitrogens is 2.